The van der Waals surface area contributed by atoms with Crippen LogP contribution >= 0.6 is 0 Å². The van der Waals surface area contributed by atoms with E-state index in [9.17, 15) is 0 Å². The van der Waals surface area contributed by atoms with E-state index in [0.717, 1.165) is 0 Å². The van der Waals surface area contributed by atoms with Crippen molar-refractivity contribution >= 4 is 0 Å². The second kappa shape index (κ2) is 1.48. The smallest absolute Gasteiger partial charge is 0.101 e. The van der Waals surface area contributed by atoms with Crippen molar-refractivity contribution in [2.24, 2.45) is 0 Å². The average molecular weight is 91.1 g/mol. The van der Waals surface area contributed by atoms with Gasteiger partial charge < -0.3 is 0 Å². The summed E-state index contributed by atoms with van der Waals surface area (Å²) in [6.07, 6.45) is 4.79. The van der Waals surface area contributed by atoms with E-state index in [1.165, 1.54) is 6.20 Å². The predicted molar refractivity (Wildman–Crippen MR) is 25.0 cm³/mol. The van der Waals surface area contributed by atoms with Crippen molar-refractivity contribution in [3.8, 4) is 6.07 Å². The topological polar surface area (TPSA) is 37.9 Å². The van der Waals surface area contributed by atoms with E-state index in [-0.39, 0.29) is 0 Å². The van der Waals surface area contributed by atoms with Crippen molar-refractivity contribution in [1.82, 2.24) is 5.32 Å². The van der Waals surface area contributed by atoms with Crippen molar-refractivity contribution in [2.75, 3.05) is 0 Å². The van der Waals surface area contributed by atoms with Gasteiger partial charge in [-0.05, 0) is 6.08 Å². The molecular weight excluding hydrogens is 88.1 g/mol. The number of nitriles is 1. The van der Waals surface area contributed by atoms with E-state index in [2.05, 4.69) is 5.32 Å². The zero-order chi connectivity index (χ0) is 5.11. The van der Waals surface area contributed by atoms with Crippen LogP contribution in [0, 0.1) is 11.3 Å². The molecule has 2 heteroatoms. The molecule has 2 nitrogen and oxygen atoms in total. The van der Waals surface area contributed by atoms with Gasteiger partial charge in [-0.3, -0.25) is 5.32 Å². The molecule has 0 spiro atoms. The van der Waals surface area contributed by atoms with Crippen LogP contribution in [0.1, 0.15) is 0 Å². The second-order valence-corrected chi connectivity index (χ2v) is 1.16. The lowest BCUT2D eigenvalue weighted by Crippen LogP contribution is -1.71. The monoisotopic (exact) mass is 91.0 g/mol. The van der Waals surface area contributed by atoms with Gasteiger partial charge in [-0.2, -0.15) is 5.26 Å². The van der Waals surface area contributed by atoms with Crippen LogP contribution in [0.25, 0.3) is 0 Å². The minimum absolute atomic E-state index is 0.625. The highest BCUT2D eigenvalue weighted by atomic mass is 14.8. The van der Waals surface area contributed by atoms with Gasteiger partial charge in [-0.1, -0.05) is 0 Å². The molecule has 0 atom stereocenters. The summed E-state index contributed by atoms with van der Waals surface area (Å²) in [5, 5.41) is 11.8. The van der Waals surface area contributed by atoms with E-state index >= 15 is 0 Å². The Hall–Kier alpha value is -1.23. The van der Waals surface area contributed by atoms with Crippen LogP contribution in [-0.4, -0.2) is 0 Å². The number of rotatable bonds is 0. The Morgan fingerprint density at radius 2 is 2.57 bits per heavy atom. The first-order chi connectivity index (χ1) is 3.43. The van der Waals surface area contributed by atoms with Crippen molar-refractivity contribution in [1.29, 1.82) is 5.26 Å². The molecule has 1 aliphatic heterocycles. The van der Waals surface area contributed by atoms with Crippen molar-refractivity contribution < 1.29 is 0 Å². The van der Waals surface area contributed by atoms with Crippen LogP contribution in [0.5, 0.6) is 0 Å². The van der Waals surface area contributed by atoms with E-state index in [1.54, 1.807) is 12.3 Å². The number of nitrogens with zero attached hydrogens (tertiary/aromatic N) is 2. The summed E-state index contributed by atoms with van der Waals surface area (Å²) in [6.45, 7) is 0. The largest absolute Gasteiger partial charge is 0.263 e. The van der Waals surface area contributed by atoms with E-state index in [4.69, 9.17) is 5.26 Å². The fourth-order valence-electron chi connectivity index (χ4n) is 0.356. The molecule has 0 saturated heterocycles. The van der Waals surface area contributed by atoms with E-state index < -0.39 is 0 Å². The molecule has 7 heavy (non-hydrogen) atoms. The number of allylic oxidation sites excluding steroid dienone is 2. The molecule has 1 aliphatic rings. The molecule has 0 aromatic heterocycles. The molecule has 0 amide bonds. The number of hydrogen-bond donors (Lipinski definition) is 0. The maximum atomic E-state index is 8.14. The van der Waals surface area contributed by atoms with Gasteiger partial charge in [0.05, 0.1) is 5.57 Å². The van der Waals surface area contributed by atoms with Gasteiger partial charge in [0, 0.05) is 12.4 Å². The van der Waals surface area contributed by atoms with Crippen molar-refractivity contribution in [3.63, 3.8) is 0 Å². The lowest BCUT2D eigenvalue weighted by atomic mass is 10.3. The summed E-state index contributed by atoms with van der Waals surface area (Å²) in [7, 11) is 0. The first-order valence-electron chi connectivity index (χ1n) is 1.90. The zero-order valence-electron chi connectivity index (χ0n) is 3.63. The van der Waals surface area contributed by atoms with E-state index in [0.29, 0.717) is 5.57 Å². The lowest BCUT2D eigenvalue weighted by Gasteiger charge is -1.68. The Morgan fingerprint density at radius 1 is 1.71 bits per heavy atom. The molecule has 0 N–H and O–H groups in total. The van der Waals surface area contributed by atoms with Gasteiger partial charge >= 0.3 is 0 Å². The highest BCUT2D eigenvalue weighted by Crippen LogP contribution is 1.97. The number of hydrogen-bond acceptors (Lipinski definition) is 1. The fraction of sp³-hybridized carbons (Fsp3) is 0. The van der Waals surface area contributed by atoms with Gasteiger partial charge in [0.1, 0.15) is 6.07 Å². The first kappa shape index (κ1) is 3.94. The third kappa shape index (κ3) is 0.606. The molecular formula is C5H3N2. The third-order valence-electron chi connectivity index (χ3n) is 0.683. The molecule has 0 aromatic carbocycles. The van der Waals surface area contributed by atoms with Crippen LogP contribution < -0.4 is 5.32 Å². The highest BCUT2D eigenvalue weighted by Gasteiger charge is 1.91. The maximum Gasteiger partial charge on any atom is 0.101 e. The first-order valence-corrected chi connectivity index (χ1v) is 1.90. The Morgan fingerprint density at radius 3 is 2.86 bits per heavy atom. The summed E-state index contributed by atoms with van der Waals surface area (Å²) in [6, 6.07) is 1.94. The van der Waals surface area contributed by atoms with Crippen LogP contribution in [-0.2, 0) is 0 Å². The van der Waals surface area contributed by atoms with Crippen LogP contribution in [0.15, 0.2) is 24.0 Å². The molecule has 1 rings (SSSR count). The Bertz CT molecular complexity index is 159. The lowest BCUT2D eigenvalue weighted by molar-refractivity contribution is 1.20. The molecule has 1 heterocycles. The van der Waals surface area contributed by atoms with Gasteiger partial charge in [-0.15, -0.1) is 0 Å². The molecule has 0 aliphatic carbocycles. The van der Waals surface area contributed by atoms with Crippen LogP contribution in [0.2, 0.25) is 0 Å². The summed E-state index contributed by atoms with van der Waals surface area (Å²) in [5.41, 5.74) is 0.625. The van der Waals surface area contributed by atoms with E-state index in [1.807, 2.05) is 6.07 Å². The van der Waals surface area contributed by atoms with Gasteiger partial charge in [-0.25, -0.2) is 0 Å². The normalized spacial score (nSPS) is 15.0. The standard InChI is InChI=1S/C5H3N2/c6-3-5-1-2-7-4-5/h1-2,4H. The molecule has 0 aromatic rings. The fourth-order valence-corrected chi connectivity index (χ4v) is 0.356. The minimum Gasteiger partial charge on any atom is -0.263 e. The quantitative estimate of drug-likeness (QED) is 0.428. The predicted octanol–water partition coefficient (Wildman–Crippen LogP) is 0.526. The second-order valence-electron chi connectivity index (χ2n) is 1.16. The Balaban J connectivity index is 2.75. The third-order valence-corrected chi connectivity index (χ3v) is 0.683. The Kier molecular flexibility index (Phi) is 0.833. The highest BCUT2D eigenvalue weighted by molar-refractivity contribution is 5.35. The zero-order valence-corrected chi connectivity index (χ0v) is 3.63. The minimum atomic E-state index is 0.625. The summed E-state index contributed by atoms with van der Waals surface area (Å²) in [5.74, 6) is 0. The summed E-state index contributed by atoms with van der Waals surface area (Å²) < 4.78 is 0. The van der Waals surface area contributed by atoms with Crippen molar-refractivity contribution in [2.45, 2.75) is 0 Å². The summed E-state index contributed by atoms with van der Waals surface area (Å²) >= 11 is 0. The Labute approximate surface area is 41.8 Å². The van der Waals surface area contributed by atoms with Gasteiger partial charge in [0.25, 0.3) is 0 Å². The molecule has 0 bridgehead atoms. The molecule has 0 unspecified atom stereocenters. The average Bonchev–Trinajstić information content (AvgIpc) is 2.14. The van der Waals surface area contributed by atoms with Crippen molar-refractivity contribution in [3.05, 3.63) is 24.0 Å². The van der Waals surface area contributed by atoms with Gasteiger partial charge in [0.15, 0.2) is 0 Å². The maximum absolute atomic E-state index is 8.14. The molecule has 0 saturated carbocycles. The van der Waals surface area contributed by atoms with Crippen LogP contribution in [0.3, 0.4) is 0 Å². The molecule has 33 valence electrons. The SMILES string of the molecule is N#CC1=C[N]C=C1. The van der Waals surface area contributed by atoms with Gasteiger partial charge in [0.2, 0.25) is 0 Å². The molecule has 1 radical (unpaired) electrons. The summed E-state index contributed by atoms with van der Waals surface area (Å²) in [4.78, 5) is 0. The molecule has 0 fully saturated rings. The van der Waals surface area contributed by atoms with Crippen LogP contribution in [0.4, 0.5) is 0 Å².